The van der Waals surface area contributed by atoms with E-state index in [2.05, 4.69) is 97.1 Å². The van der Waals surface area contributed by atoms with Crippen molar-refractivity contribution in [2.45, 2.75) is 0 Å². The van der Waals surface area contributed by atoms with Gasteiger partial charge in [0.25, 0.3) is 0 Å². The van der Waals surface area contributed by atoms with Gasteiger partial charge in [-0.05, 0) is 69.1 Å². The summed E-state index contributed by atoms with van der Waals surface area (Å²) >= 11 is 3.75. The van der Waals surface area contributed by atoms with Gasteiger partial charge in [0.15, 0.2) is 0 Å². The van der Waals surface area contributed by atoms with E-state index in [1.807, 2.05) is 22.7 Å². The monoisotopic (exact) mass is 392 g/mol. The first-order valence-electron chi connectivity index (χ1n) is 9.35. The number of thiophene rings is 2. The third kappa shape index (κ3) is 2.65. The molecule has 0 saturated carbocycles. The molecule has 0 aliphatic heterocycles. The van der Waals surface area contributed by atoms with Gasteiger partial charge in [0, 0.05) is 19.2 Å². The lowest BCUT2D eigenvalue weighted by atomic mass is 10.1. The van der Waals surface area contributed by atoms with Gasteiger partial charge in [-0.2, -0.15) is 0 Å². The zero-order valence-corrected chi connectivity index (χ0v) is 16.7. The summed E-state index contributed by atoms with van der Waals surface area (Å²) in [7, 11) is 0. The number of rotatable bonds is 2. The number of fused-ring (bicyclic) bond motifs is 3. The van der Waals surface area contributed by atoms with E-state index in [4.69, 9.17) is 0 Å². The third-order valence-electron chi connectivity index (χ3n) is 5.23. The molecule has 0 amide bonds. The molecule has 6 rings (SSSR count). The summed E-state index contributed by atoms with van der Waals surface area (Å²) in [5.41, 5.74) is 2.59. The first kappa shape index (κ1) is 16.1. The van der Waals surface area contributed by atoms with Gasteiger partial charge in [0.05, 0.1) is 0 Å². The Hall–Kier alpha value is -2.94. The summed E-state index contributed by atoms with van der Waals surface area (Å²) < 4.78 is 2.70. The van der Waals surface area contributed by atoms with E-state index < -0.39 is 0 Å². The van der Waals surface area contributed by atoms with Crippen LogP contribution >= 0.6 is 22.7 Å². The first-order valence-corrected chi connectivity index (χ1v) is 11.0. The molecule has 6 aromatic rings. The van der Waals surface area contributed by atoms with E-state index in [0.717, 1.165) is 0 Å². The minimum Gasteiger partial charge on any atom is -0.135 e. The predicted molar refractivity (Wildman–Crippen MR) is 126 cm³/mol. The average Bonchev–Trinajstić information content (AvgIpc) is 3.35. The Kier molecular flexibility index (Phi) is 3.61. The average molecular weight is 393 g/mol. The molecule has 2 aromatic heterocycles. The van der Waals surface area contributed by atoms with Crippen molar-refractivity contribution in [1.29, 1.82) is 0 Å². The second-order valence-corrected chi connectivity index (χ2v) is 9.25. The molecule has 0 atom stereocenters. The molecule has 0 nitrogen and oxygen atoms in total. The highest BCUT2D eigenvalue weighted by Crippen LogP contribution is 2.39. The van der Waals surface area contributed by atoms with Crippen molar-refractivity contribution in [3.05, 3.63) is 97.1 Å². The van der Waals surface area contributed by atoms with Crippen LogP contribution in [0, 0.1) is 0 Å². The minimum atomic E-state index is 1.29. The molecule has 0 saturated heterocycles. The van der Waals surface area contributed by atoms with E-state index in [1.54, 1.807) is 0 Å². The molecule has 2 heterocycles. The van der Waals surface area contributed by atoms with Crippen LogP contribution in [0.4, 0.5) is 0 Å². The second-order valence-electron chi connectivity index (χ2n) is 7.08. The van der Waals surface area contributed by atoms with Crippen molar-refractivity contribution in [2.75, 3.05) is 0 Å². The molecular formula is C26H16S2. The molecule has 0 spiro atoms. The number of benzene rings is 4. The highest BCUT2D eigenvalue weighted by molar-refractivity contribution is 7.22. The minimum absolute atomic E-state index is 1.29. The topological polar surface area (TPSA) is 0 Å². The lowest BCUT2D eigenvalue weighted by molar-refractivity contribution is 1.70. The Morgan fingerprint density at radius 2 is 0.821 bits per heavy atom. The Balaban J connectivity index is 1.52. The smallest absolute Gasteiger partial charge is 0.0355 e. The van der Waals surface area contributed by atoms with Crippen LogP contribution in [0.15, 0.2) is 97.1 Å². The van der Waals surface area contributed by atoms with Gasteiger partial charge in [-0.15, -0.1) is 22.7 Å². The van der Waals surface area contributed by atoms with E-state index in [1.165, 1.54) is 51.8 Å². The Labute approximate surface area is 171 Å². The van der Waals surface area contributed by atoms with Crippen molar-refractivity contribution in [3.63, 3.8) is 0 Å². The molecule has 0 fully saturated rings. The van der Waals surface area contributed by atoms with Gasteiger partial charge < -0.3 is 0 Å². The summed E-state index contributed by atoms with van der Waals surface area (Å²) in [5.74, 6) is 0. The molecule has 0 radical (unpaired) electrons. The van der Waals surface area contributed by atoms with Gasteiger partial charge in [-0.25, -0.2) is 0 Å². The molecule has 28 heavy (non-hydrogen) atoms. The SMILES string of the molecule is c1ccc(-c2cc3cc4cc5sc(-c6ccccc6)cc5cc4cc3s2)cc1. The van der Waals surface area contributed by atoms with E-state index >= 15 is 0 Å². The molecule has 0 N–H and O–H groups in total. The zero-order valence-electron chi connectivity index (χ0n) is 15.1. The number of hydrogen-bond donors (Lipinski definition) is 0. The van der Waals surface area contributed by atoms with Crippen LogP contribution in [-0.4, -0.2) is 0 Å². The van der Waals surface area contributed by atoms with Crippen molar-refractivity contribution in [1.82, 2.24) is 0 Å². The number of hydrogen-bond acceptors (Lipinski definition) is 2. The van der Waals surface area contributed by atoms with Crippen LogP contribution < -0.4 is 0 Å². The summed E-state index contributed by atoms with van der Waals surface area (Å²) in [6, 6.07) is 35.3. The highest BCUT2D eigenvalue weighted by Gasteiger charge is 2.09. The molecule has 132 valence electrons. The summed E-state index contributed by atoms with van der Waals surface area (Å²) in [6.07, 6.45) is 0. The maximum atomic E-state index is 2.35. The largest absolute Gasteiger partial charge is 0.135 e. The lowest BCUT2D eigenvalue weighted by Crippen LogP contribution is -1.72. The van der Waals surface area contributed by atoms with Gasteiger partial charge in [0.2, 0.25) is 0 Å². The van der Waals surface area contributed by atoms with E-state index in [9.17, 15) is 0 Å². The molecule has 0 unspecified atom stereocenters. The lowest BCUT2D eigenvalue weighted by Gasteiger charge is -1.99. The van der Waals surface area contributed by atoms with Crippen molar-refractivity contribution >= 4 is 53.6 Å². The normalized spacial score (nSPS) is 11.6. The van der Waals surface area contributed by atoms with Gasteiger partial charge in [-0.1, -0.05) is 60.7 Å². The fourth-order valence-corrected chi connectivity index (χ4v) is 6.01. The maximum Gasteiger partial charge on any atom is 0.0355 e. The van der Waals surface area contributed by atoms with Gasteiger partial charge >= 0.3 is 0 Å². The van der Waals surface area contributed by atoms with Crippen LogP contribution in [0.2, 0.25) is 0 Å². The summed E-state index contributed by atoms with van der Waals surface area (Å²) in [4.78, 5) is 2.66. The third-order valence-corrected chi connectivity index (χ3v) is 7.52. The van der Waals surface area contributed by atoms with Crippen LogP contribution in [-0.2, 0) is 0 Å². The quantitative estimate of drug-likeness (QED) is 0.277. The van der Waals surface area contributed by atoms with E-state index in [-0.39, 0.29) is 0 Å². The van der Waals surface area contributed by atoms with Gasteiger partial charge in [-0.3, -0.25) is 0 Å². The molecule has 2 heteroatoms. The van der Waals surface area contributed by atoms with E-state index in [0.29, 0.717) is 0 Å². The molecule has 0 aliphatic rings. The first-order chi connectivity index (χ1) is 13.8. The van der Waals surface area contributed by atoms with Crippen molar-refractivity contribution in [2.24, 2.45) is 0 Å². The Morgan fingerprint density at radius 3 is 1.25 bits per heavy atom. The fourth-order valence-electron chi connectivity index (χ4n) is 3.81. The molecule has 4 aromatic carbocycles. The van der Waals surface area contributed by atoms with Gasteiger partial charge in [0.1, 0.15) is 0 Å². The molecule has 0 aliphatic carbocycles. The zero-order chi connectivity index (χ0) is 18.5. The Morgan fingerprint density at radius 1 is 0.393 bits per heavy atom. The summed E-state index contributed by atoms with van der Waals surface area (Å²) in [6.45, 7) is 0. The maximum absolute atomic E-state index is 2.35. The predicted octanol–water partition coefficient (Wildman–Crippen LogP) is 8.60. The van der Waals surface area contributed by atoms with Crippen LogP contribution in [0.5, 0.6) is 0 Å². The molecular weight excluding hydrogens is 376 g/mol. The van der Waals surface area contributed by atoms with Crippen LogP contribution in [0.3, 0.4) is 0 Å². The fraction of sp³-hybridized carbons (Fsp3) is 0. The van der Waals surface area contributed by atoms with Crippen molar-refractivity contribution < 1.29 is 0 Å². The van der Waals surface area contributed by atoms with Crippen LogP contribution in [0.25, 0.3) is 51.8 Å². The van der Waals surface area contributed by atoms with Crippen molar-refractivity contribution in [3.8, 4) is 20.9 Å². The second kappa shape index (κ2) is 6.30. The van der Waals surface area contributed by atoms with Crippen LogP contribution in [0.1, 0.15) is 0 Å². The Bertz CT molecular complexity index is 1260. The highest BCUT2D eigenvalue weighted by atomic mass is 32.1. The standard InChI is InChI=1S/C26H16S2/c1-3-7-17(8-4-1)23-15-21-11-19-14-26-22(12-20(19)13-25(21)27-23)16-24(28-26)18-9-5-2-6-10-18/h1-16H. The summed E-state index contributed by atoms with van der Waals surface area (Å²) in [5, 5.41) is 5.30. The molecule has 0 bridgehead atoms.